The molecule has 0 N–H and O–H groups in total. The van der Waals surface area contributed by atoms with Crippen LogP contribution in [0.15, 0.2) is 206 Å². The molecule has 10 rings (SSSR count). The Morgan fingerprint density at radius 1 is 0.323 bits per heavy atom. The Bertz CT molecular complexity index is 4010. The van der Waals surface area contributed by atoms with Gasteiger partial charge >= 0.3 is 46.6 Å². The van der Waals surface area contributed by atoms with Gasteiger partial charge in [0.05, 0.1) is 14.3 Å². The monoisotopic (exact) mass is 2110 g/mol. The number of halogens is 24. The van der Waals surface area contributed by atoms with Gasteiger partial charge in [0.15, 0.2) is 20.2 Å². The fourth-order valence-electron chi connectivity index (χ4n) is 10.3. The zero-order valence-electron chi connectivity index (χ0n) is 47.2. The summed E-state index contributed by atoms with van der Waals surface area (Å²) in [6.45, 7) is 0. The SMILES string of the molecule is Ic1cc(I)c([P+](c2ccccc2)(c2ccccc2)C2C=Cc3ccccc32)c(I)c1.Ic1cc(I)c([P+](c2ccccc2)(c2ccccc2)C2C=Cc3ccccc32)c(I)c1.O=S(=O)([O-])C(F)(F)C(F)(F)C(F)(F)C(F)(F)F.O=S(=O)([O-])C(F)(F)C(F)(F)C(F)(F)C(F)(F)F. The van der Waals surface area contributed by atoms with Crippen molar-refractivity contribution in [2.75, 3.05) is 0 Å². The summed E-state index contributed by atoms with van der Waals surface area (Å²) in [5, 5.41) is -5.49. The Kier molecular flexibility index (Phi) is 25.2. The Labute approximate surface area is 620 Å². The van der Waals surface area contributed by atoms with Crippen molar-refractivity contribution in [3.8, 4) is 0 Å². The maximum Gasteiger partial charge on any atom is 0.460 e. The van der Waals surface area contributed by atoms with Crippen LogP contribution in [0.4, 0.5) is 79.0 Å². The smallest absolute Gasteiger partial charge is 0.460 e. The van der Waals surface area contributed by atoms with Crippen molar-refractivity contribution in [3.63, 3.8) is 0 Å². The summed E-state index contributed by atoms with van der Waals surface area (Å²) in [4.78, 5) is 0. The first-order chi connectivity index (χ1) is 44.2. The van der Waals surface area contributed by atoms with Gasteiger partial charge in [0.25, 0.3) is 0 Å². The van der Waals surface area contributed by atoms with E-state index in [0.29, 0.717) is 11.3 Å². The standard InChI is InChI=1S/2C27H19I3P.2C4HF9O3S/c2*28-20-17-24(29)27(25(30)18-20)31(21-10-3-1-4-11-21,22-12-5-2-6-13-22)26-16-15-19-9-7-8-14-23(19)26;2*5-1(6,3(9,10)11)2(7,8)4(12,13)17(14,15)16/h2*1-18,26H;2*(H,14,15,16)/q2*+1;;/p-2. The van der Waals surface area contributed by atoms with Crippen LogP contribution in [0.2, 0.25) is 0 Å². The zero-order valence-corrected chi connectivity index (χ0v) is 63.5. The fraction of sp³-hybridized carbons (Fsp3) is 0.161. The van der Waals surface area contributed by atoms with E-state index in [2.05, 4.69) is 354 Å². The molecule has 2 aliphatic carbocycles. The van der Waals surface area contributed by atoms with Crippen LogP contribution in [-0.4, -0.2) is 72.5 Å². The molecular formula is C62H38F18I6O6P2S2. The zero-order chi connectivity index (χ0) is 71.8. The molecule has 34 heteroatoms. The maximum atomic E-state index is 12.2. The lowest BCUT2D eigenvalue weighted by Crippen LogP contribution is -2.63. The summed E-state index contributed by atoms with van der Waals surface area (Å²) in [5.41, 5.74) is 6.20. The quantitative estimate of drug-likeness (QED) is 0.0464. The molecule has 2 unspecified atom stereocenters. The van der Waals surface area contributed by atoms with Gasteiger partial charge in [0.1, 0.15) is 57.7 Å². The molecule has 0 fully saturated rings. The first-order valence-corrected chi connectivity index (χ1v) is 39.4. The summed E-state index contributed by atoms with van der Waals surface area (Å²) >= 11 is 15.2. The molecule has 0 aliphatic heterocycles. The number of rotatable bonds is 14. The van der Waals surface area contributed by atoms with Crippen molar-refractivity contribution in [1.82, 2.24) is 0 Å². The molecule has 0 heterocycles. The molecule has 8 aromatic carbocycles. The molecule has 2 aliphatic rings. The van der Waals surface area contributed by atoms with Crippen molar-refractivity contribution < 1.29 is 105 Å². The van der Waals surface area contributed by atoms with Crippen molar-refractivity contribution in [1.29, 1.82) is 0 Å². The minimum atomic E-state index is -7.43. The molecule has 512 valence electrons. The summed E-state index contributed by atoms with van der Waals surface area (Å²) in [7, 11) is -18.9. The average molecular weight is 2110 g/mol. The van der Waals surface area contributed by atoms with E-state index in [4.69, 9.17) is 0 Å². The van der Waals surface area contributed by atoms with E-state index in [9.17, 15) is 105 Å². The molecule has 0 bridgehead atoms. The van der Waals surface area contributed by atoms with Crippen LogP contribution in [0.3, 0.4) is 0 Å². The first-order valence-electron chi connectivity index (χ1n) is 26.4. The Balaban J connectivity index is 0.000000189. The largest absolute Gasteiger partial charge is 0.743 e. The van der Waals surface area contributed by atoms with Gasteiger partial charge in [0.2, 0.25) is 0 Å². The Hall–Kier alpha value is -2.96. The van der Waals surface area contributed by atoms with Crippen molar-refractivity contribution in [3.05, 3.63) is 250 Å². The van der Waals surface area contributed by atoms with Gasteiger partial charge in [-0.05, 0) is 232 Å². The van der Waals surface area contributed by atoms with Gasteiger partial charge in [0, 0.05) is 18.3 Å². The van der Waals surface area contributed by atoms with Crippen LogP contribution in [0.5, 0.6) is 0 Å². The first kappa shape index (κ1) is 80.4. The Morgan fingerprint density at radius 3 is 0.760 bits per heavy atom. The summed E-state index contributed by atoms with van der Waals surface area (Å²) in [6, 6.07) is 72.1. The molecule has 0 saturated heterocycles. The molecule has 0 amide bonds. The van der Waals surface area contributed by atoms with E-state index in [0.717, 1.165) is 0 Å². The molecular weight excluding hydrogens is 2070 g/mol. The highest BCUT2D eigenvalue weighted by Gasteiger charge is 2.85. The summed E-state index contributed by atoms with van der Waals surface area (Å²) in [5.74, 6) is -29.6. The van der Waals surface area contributed by atoms with E-state index < -0.39 is 81.3 Å². The molecule has 96 heavy (non-hydrogen) atoms. The molecule has 2 atom stereocenters. The van der Waals surface area contributed by atoms with E-state index in [1.54, 1.807) is 0 Å². The minimum Gasteiger partial charge on any atom is -0.743 e. The maximum absolute atomic E-state index is 12.2. The lowest BCUT2D eigenvalue weighted by Gasteiger charge is -2.34. The minimum absolute atomic E-state index is 0.315. The van der Waals surface area contributed by atoms with Crippen molar-refractivity contribution in [2.24, 2.45) is 0 Å². The van der Waals surface area contributed by atoms with E-state index in [1.807, 2.05) is 0 Å². The van der Waals surface area contributed by atoms with Crippen LogP contribution >= 0.6 is 150 Å². The topological polar surface area (TPSA) is 114 Å². The second-order valence-electron chi connectivity index (χ2n) is 20.3. The lowest BCUT2D eigenvalue weighted by atomic mass is 10.1. The van der Waals surface area contributed by atoms with Crippen LogP contribution in [0.1, 0.15) is 33.6 Å². The number of allylic oxidation sites excluding steroid dienone is 2. The fourth-order valence-corrected chi connectivity index (χ4v) is 32.6. The molecule has 0 radical (unpaired) electrons. The van der Waals surface area contributed by atoms with Gasteiger partial charge in [-0.15, -0.1) is 0 Å². The second-order valence-corrected chi connectivity index (χ2v) is 37.3. The highest BCUT2D eigenvalue weighted by atomic mass is 127. The third kappa shape index (κ3) is 15.1. The van der Waals surface area contributed by atoms with Gasteiger partial charge in [-0.3, -0.25) is 0 Å². The van der Waals surface area contributed by atoms with E-state index >= 15 is 0 Å². The Morgan fingerprint density at radius 2 is 0.542 bits per heavy atom. The molecule has 8 aromatic rings. The van der Waals surface area contributed by atoms with Crippen molar-refractivity contribution in [2.45, 2.75) is 57.9 Å². The molecule has 0 saturated carbocycles. The summed E-state index contributed by atoms with van der Waals surface area (Å²) < 4.78 is 279. The number of hydrogen-bond donors (Lipinski definition) is 0. The van der Waals surface area contributed by atoms with Crippen molar-refractivity contribution >= 4 is 214 Å². The lowest BCUT2D eigenvalue weighted by molar-refractivity contribution is -0.382. The number of benzene rings is 8. The van der Waals surface area contributed by atoms with Gasteiger partial charge < -0.3 is 9.11 Å². The van der Waals surface area contributed by atoms with Crippen LogP contribution in [-0.2, 0) is 20.2 Å². The third-order valence-corrected chi connectivity index (χ3v) is 32.1. The average Bonchev–Trinajstić information content (AvgIpc) is 1.33. The predicted molar refractivity (Wildman–Crippen MR) is 384 cm³/mol. The predicted octanol–water partition coefficient (Wildman–Crippen LogP) is 19.0. The van der Waals surface area contributed by atoms with Gasteiger partial charge in [-0.2, -0.15) is 79.0 Å². The number of alkyl halides is 18. The molecule has 0 spiro atoms. The second kappa shape index (κ2) is 30.2. The number of fused-ring (bicyclic) bond motifs is 2. The van der Waals surface area contributed by atoms with Crippen LogP contribution in [0.25, 0.3) is 12.2 Å². The van der Waals surface area contributed by atoms with Crippen LogP contribution < -0.4 is 31.8 Å². The van der Waals surface area contributed by atoms with E-state index in [-0.39, 0.29) is 0 Å². The highest BCUT2D eigenvalue weighted by molar-refractivity contribution is 14.1. The highest BCUT2D eigenvalue weighted by Crippen LogP contribution is 2.72. The van der Waals surface area contributed by atoms with Crippen LogP contribution in [0, 0.1) is 21.4 Å². The van der Waals surface area contributed by atoms with Gasteiger partial charge in [-0.1, -0.05) is 133 Å². The number of hydrogen-bond acceptors (Lipinski definition) is 6. The van der Waals surface area contributed by atoms with Gasteiger partial charge in [-0.25, -0.2) is 16.8 Å². The molecule has 0 aromatic heterocycles. The van der Waals surface area contributed by atoms with E-state index in [1.165, 1.54) is 75.5 Å². The molecule has 6 nitrogen and oxygen atoms in total. The summed E-state index contributed by atoms with van der Waals surface area (Å²) in [6.07, 6.45) is -4.75. The third-order valence-electron chi connectivity index (χ3n) is 14.6. The normalized spacial score (nSPS) is 15.5.